The van der Waals surface area contributed by atoms with Crippen LogP contribution < -0.4 is 0 Å². The number of aromatic nitrogens is 1. The van der Waals surface area contributed by atoms with Crippen LogP contribution >= 0.6 is 0 Å². The molecule has 26 heavy (non-hydrogen) atoms. The van der Waals surface area contributed by atoms with E-state index < -0.39 is 0 Å². The van der Waals surface area contributed by atoms with Crippen LogP contribution in [-0.2, 0) is 0 Å². The number of hydrogen-bond acceptors (Lipinski definition) is 5. The number of nitro groups is 1. The van der Waals surface area contributed by atoms with Crippen LogP contribution in [-0.4, -0.2) is 20.6 Å². The summed E-state index contributed by atoms with van der Waals surface area (Å²) in [5.74, 6) is 0.408. The van der Waals surface area contributed by atoms with Crippen molar-refractivity contribution in [3.63, 3.8) is 0 Å². The Hall–Kier alpha value is -3.28. The highest BCUT2D eigenvalue weighted by Gasteiger charge is 2.39. The molecule has 0 spiro atoms. The van der Waals surface area contributed by atoms with E-state index in [9.17, 15) is 10.1 Å². The van der Waals surface area contributed by atoms with Gasteiger partial charge in [0, 0.05) is 24.4 Å². The van der Waals surface area contributed by atoms with Gasteiger partial charge in [0.1, 0.15) is 0 Å². The summed E-state index contributed by atoms with van der Waals surface area (Å²) in [6.45, 7) is 1.75. The van der Waals surface area contributed by atoms with Crippen LogP contribution in [0.5, 0.6) is 0 Å². The van der Waals surface area contributed by atoms with Crippen molar-refractivity contribution < 1.29 is 4.92 Å². The quantitative estimate of drug-likeness (QED) is 0.621. The standard InChI is InChI=1S/C20H18N4O2/c1-14-10-12-23-18(15-7-3-2-4-8-15)13-17(16-9-5-6-11-21-16)22-20(23)19(14)24(25)26/h2-12,17-18H,13H2,1H3. The second kappa shape index (κ2) is 6.55. The summed E-state index contributed by atoms with van der Waals surface area (Å²) in [6.07, 6.45) is 6.12. The van der Waals surface area contributed by atoms with Gasteiger partial charge >= 0.3 is 5.70 Å². The number of aliphatic imine (C=N–C) groups is 1. The van der Waals surface area contributed by atoms with E-state index in [1.165, 1.54) is 0 Å². The van der Waals surface area contributed by atoms with Crippen molar-refractivity contribution in [2.75, 3.05) is 0 Å². The molecule has 3 heterocycles. The molecular formula is C20H18N4O2. The summed E-state index contributed by atoms with van der Waals surface area (Å²) in [5.41, 5.74) is 2.61. The number of allylic oxidation sites excluding steroid dienone is 2. The number of pyridine rings is 1. The van der Waals surface area contributed by atoms with E-state index in [1.807, 2.05) is 59.6 Å². The molecule has 0 radical (unpaired) electrons. The van der Waals surface area contributed by atoms with E-state index >= 15 is 0 Å². The monoisotopic (exact) mass is 346 g/mol. The lowest BCUT2D eigenvalue weighted by atomic mass is 9.92. The van der Waals surface area contributed by atoms with E-state index in [0.717, 1.165) is 11.3 Å². The maximum absolute atomic E-state index is 11.7. The van der Waals surface area contributed by atoms with Gasteiger partial charge in [-0.15, -0.1) is 0 Å². The Morgan fingerprint density at radius 1 is 1.15 bits per heavy atom. The van der Waals surface area contributed by atoms with Gasteiger partial charge in [0.05, 0.1) is 22.7 Å². The Morgan fingerprint density at radius 2 is 1.92 bits per heavy atom. The van der Waals surface area contributed by atoms with Crippen molar-refractivity contribution in [2.45, 2.75) is 25.4 Å². The summed E-state index contributed by atoms with van der Waals surface area (Å²) in [6, 6.07) is 15.5. The molecule has 1 aromatic heterocycles. The van der Waals surface area contributed by atoms with Crippen LogP contribution in [0.1, 0.15) is 36.7 Å². The third-order valence-corrected chi connectivity index (χ3v) is 4.77. The van der Waals surface area contributed by atoms with Crippen LogP contribution in [0.4, 0.5) is 0 Å². The molecular weight excluding hydrogens is 328 g/mol. The van der Waals surface area contributed by atoms with Gasteiger partial charge in [-0.25, -0.2) is 0 Å². The highest BCUT2D eigenvalue weighted by atomic mass is 16.6. The summed E-state index contributed by atoms with van der Waals surface area (Å²) >= 11 is 0. The molecule has 2 aliphatic heterocycles. The molecule has 6 nitrogen and oxygen atoms in total. The van der Waals surface area contributed by atoms with Gasteiger partial charge < -0.3 is 4.90 Å². The van der Waals surface area contributed by atoms with Crippen molar-refractivity contribution in [1.82, 2.24) is 9.88 Å². The summed E-state index contributed by atoms with van der Waals surface area (Å²) in [7, 11) is 0. The molecule has 0 saturated carbocycles. The maximum Gasteiger partial charge on any atom is 0.314 e. The van der Waals surface area contributed by atoms with Gasteiger partial charge in [0.25, 0.3) is 0 Å². The van der Waals surface area contributed by atoms with Gasteiger partial charge in [0.15, 0.2) is 0 Å². The fourth-order valence-corrected chi connectivity index (χ4v) is 3.50. The minimum absolute atomic E-state index is 0.0324. The molecule has 2 aromatic rings. The molecule has 0 saturated heterocycles. The smallest absolute Gasteiger partial charge is 0.314 e. The van der Waals surface area contributed by atoms with Crippen LogP contribution in [0.15, 0.2) is 83.3 Å². The molecule has 6 heteroatoms. The molecule has 2 unspecified atom stereocenters. The van der Waals surface area contributed by atoms with Crippen LogP contribution in [0.3, 0.4) is 0 Å². The number of rotatable bonds is 3. The Bertz CT molecular complexity index is 919. The minimum atomic E-state index is -0.340. The van der Waals surface area contributed by atoms with E-state index in [-0.39, 0.29) is 22.7 Å². The highest BCUT2D eigenvalue weighted by Crippen LogP contribution is 2.40. The Balaban J connectivity index is 1.85. The average molecular weight is 346 g/mol. The predicted octanol–water partition coefficient (Wildman–Crippen LogP) is 4.05. The summed E-state index contributed by atoms with van der Waals surface area (Å²) in [4.78, 5) is 22.4. The van der Waals surface area contributed by atoms with E-state index in [0.29, 0.717) is 17.8 Å². The van der Waals surface area contributed by atoms with Crippen molar-refractivity contribution >= 4 is 5.84 Å². The van der Waals surface area contributed by atoms with Crippen LogP contribution in [0.25, 0.3) is 0 Å². The first-order chi connectivity index (χ1) is 12.6. The molecule has 0 bridgehead atoms. The van der Waals surface area contributed by atoms with Crippen molar-refractivity contribution in [3.05, 3.63) is 99.6 Å². The first-order valence-corrected chi connectivity index (χ1v) is 8.51. The zero-order valence-electron chi connectivity index (χ0n) is 14.3. The van der Waals surface area contributed by atoms with Crippen molar-refractivity contribution in [3.8, 4) is 0 Å². The van der Waals surface area contributed by atoms with Gasteiger partial charge in [-0.3, -0.25) is 20.1 Å². The third-order valence-electron chi connectivity index (χ3n) is 4.77. The fourth-order valence-electron chi connectivity index (χ4n) is 3.50. The van der Waals surface area contributed by atoms with Gasteiger partial charge in [-0.2, -0.15) is 0 Å². The molecule has 0 aliphatic carbocycles. The first-order valence-electron chi connectivity index (χ1n) is 8.51. The Labute approximate surface area is 151 Å². The number of amidine groups is 1. The van der Waals surface area contributed by atoms with Crippen molar-refractivity contribution in [1.29, 1.82) is 0 Å². The number of nitrogens with zero attached hydrogens (tertiary/aromatic N) is 4. The molecule has 2 atom stereocenters. The molecule has 0 amide bonds. The minimum Gasteiger partial charge on any atom is -0.320 e. The highest BCUT2D eigenvalue weighted by molar-refractivity contribution is 5.99. The zero-order chi connectivity index (χ0) is 18.1. The largest absolute Gasteiger partial charge is 0.320 e. The summed E-state index contributed by atoms with van der Waals surface area (Å²) < 4.78 is 0. The topological polar surface area (TPSA) is 71.6 Å². The van der Waals surface area contributed by atoms with E-state index in [2.05, 4.69) is 4.98 Å². The number of fused-ring (bicyclic) bond motifs is 1. The Morgan fingerprint density at radius 3 is 2.62 bits per heavy atom. The van der Waals surface area contributed by atoms with Crippen LogP contribution in [0, 0.1) is 10.1 Å². The first kappa shape index (κ1) is 16.2. The average Bonchev–Trinajstić information content (AvgIpc) is 2.68. The molecule has 0 N–H and O–H groups in total. The van der Waals surface area contributed by atoms with Gasteiger partial charge in [-0.1, -0.05) is 36.4 Å². The second-order valence-corrected chi connectivity index (χ2v) is 6.40. The maximum atomic E-state index is 11.7. The SMILES string of the molecule is CC1=C([N+](=O)[O-])C2=NC(c3ccccn3)CC(c3ccccc3)N2C=C1. The molecule has 2 aliphatic rings. The molecule has 1 aromatic carbocycles. The molecule has 0 fully saturated rings. The number of benzene rings is 1. The summed E-state index contributed by atoms with van der Waals surface area (Å²) in [5, 5.41) is 11.7. The number of hydrogen-bond donors (Lipinski definition) is 0. The van der Waals surface area contributed by atoms with E-state index in [1.54, 1.807) is 19.2 Å². The lowest BCUT2D eigenvalue weighted by Gasteiger charge is -2.38. The van der Waals surface area contributed by atoms with Gasteiger partial charge in [-0.05, 0) is 30.7 Å². The van der Waals surface area contributed by atoms with Crippen LogP contribution in [0.2, 0.25) is 0 Å². The third kappa shape index (κ3) is 2.79. The van der Waals surface area contributed by atoms with Gasteiger partial charge in [0.2, 0.25) is 5.84 Å². The molecule has 4 rings (SSSR count). The fraction of sp³-hybridized carbons (Fsp3) is 0.200. The Kier molecular flexibility index (Phi) is 4.08. The lowest BCUT2D eigenvalue weighted by Crippen LogP contribution is -2.40. The lowest BCUT2D eigenvalue weighted by molar-refractivity contribution is -0.417. The normalized spacial score (nSPS) is 22.0. The molecule has 130 valence electrons. The zero-order valence-corrected chi connectivity index (χ0v) is 14.3. The van der Waals surface area contributed by atoms with E-state index in [4.69, 9.17) is 4.99 Å². The second-order valence-electron chi connectivity index (χ2n) is 6.40. The van der Waals surface area contributed by atoms with Crippen molar-refractivity contribution in [2.24, 2.45) is 4.99 Å². The predicted molar refractivity (Wildman–Crippen MR) is 98.9 cm³/mol.